The third-order valence-corrected chi connectivity index (χ3v) is 6.22. The maximum Gasteiger partial charge on any atom is 0.279 e. The predicted molar refractivity (Wildman–Crippen MR) is 112 cm³/mol. The Morgan fingerprint density at radius 2 is 1.96 bits per heavy atom. The van der Waals surface area contributed by atoms with E-state index in [1.807, 2.05) is 36.6 Å². The van der Waals surface area contributed by atoms with Crippen LogP contribution < -0.4 is 19.7 Å². The van der Waals surface area contributed by atoms with Gasteiger partial charge in [0, 0.05) is 29.7 Å². The first-order chi connectivity index (χ1) is 13.7. The van der Waals surface area contributed by atoms with Gasteiger partial charge in [-0.2, -0.15) is 0 Å². The molecule has 28 heavy (non-hydrogen) atoms. The molecule has 4 rings (SSSR count). The van der Waals surface area contributed by atoms with Gasteiger partial charge in [-0.1, -0.05) is 12.1 Å². The number of quaternary nitrogens is 1. The van der Waals surface area contributed by atoms with E-state index in [2.05, 4.69) is 17.4 Å². The Kier molecular flexibility index (Phi) is 6.07. The first-order valence-corrected chi connectivity index (χ1v) is 11.1. The number of hydrogen-bond donors (Lipinski definition) is 2. The molecule has 2 N–H and O–H groups in total. The molecule has 2 aromatic carbocycles. The van der Waals surface area contributed by atoms with E-state index in [1.165, 1.54) is 10.5 Å². The van der Waals surface area contributed by atoms with Crippen molar-refractivity contribution in [2.24, 2.45) is 0 Å². The smallest absolute Gasteiger partial charge is 0.279 e. The van der Waals surface area contributed by atoms with E-state index < -0.39 is 0 Å². The number of amides is 1. The van der Waals surface area contributed by atoms with E-state index in [0.717, 1.165) is 47.9 Å². The van der Waals surface area contributed by atoms with Crippen molar-refractivity contribution in [3.8, 4) is 11.5 Å². The van der Waals surface area contributed by atoms with Crippen LogP contribution in [0.5, 0.6) is 11.5 Å². The molecule has 6 heteroatoms. The predicted octanol–water partition coefficient (Wildman–Crippen LogP) is 2.93. The number of thioether (sulfide) groups is 1. The number of para-hydroxylation sites is 1. The van der Waals surface area contributed by atoms with Crippen LogP contribution in [0, 0.1) is 0 Å². The Labute approximate surface area is 170 Å². The molecular weight excluding hydrogens is 372 g/mol. The van der Waals surface area contributed by atoms with E-state index in [0.29, 0.717) is 25.8 Å². The molecule has 5 nitrogen and oxygen atoms in total. The molecule has 0 aromatic heterocycles. The molecule has 1 saturated heterocycles. The van der Waals surface area contributed by atoms with Gasteiger partial charge in [0.05, 0.1) is 25.4 Å². The summed E-state index contributed by atoms with van der Waals surface area (Å²) in [5.41, 5.74) is 2.12. The van der Waals surface area contributed by atoms with Gasteiger partial charge >= 0.3 is 0 Å². The van der Waals surface area contributed by atoms with Gasteiger partial charge in [0.1, 0.15) is 6.04 Å². The highest BCUT2D eigenvalue weighted by atomic mass is 32.2. The molecule has 1 fully saturated rings. The Morgan fingerprint density at radius 1 is 1.14 bits per heavy atom. The molecule has 2 aliphatic rings. The molecule has 148 valence electrons. The molecular formula is C22H27N2O3S+. The summed E-state index contributed by atoms with van der Waals surface area (Å²) in [5, 5.41) is 3.09. The lowest BCUT2D eigenvalue weighted by Crippen LogP contribution is -3.11. The standard InChI is InChI=1S/C22H26N2O3S/c1-28-21-8-3-2-6-17(21)23-22(25)15-24-11-4-7-18(24)16-9-10-19-20(14-16)27-13-5-12-26-19/h2-3,6,8-10,14,18H,4-5,7,11-13,15H2,1H3,(H,23,25)/p+1/t18-/m1/s1. The number of nitrogens with one attached hydrogen (secondary N) is 2. The average molecular weight is 400 g/mol. The van der Waals surface area contributed by atoms with Gasteiger partial charge in [-0.15, -0.1) is 11.8 Å². The fraction of sp³-hybridized carbons (Fsp3) is 0.409. The first-order valence-electron chi connectivity index (χ1n) is 9.91. The second kappa shape index (κ2) is 8.88. The van der Waals surface area contributed by atoms with Crippen molar-refractivity contribution in [1.82, 2.24) is 0 Å². The van der Waals surface area contributed by atoms with E-state index in [-0.39, 0.29) is 5.91 Å². The molecule has 1 unspecified atom stereocenters. The molecule has 1 amide bonds. The lowest BCUT2D eigenvalue weighted by Gasteiger charge is -2.22. The normalized spacial score (nSPS) is 21.2. The summed E-state index contributed by atoms with van der Waals surface area (Å²) >= 11 is 1.65. The second-order valence-electron chi connectivity index (χ2n) is 7.28. The van der Waals surface area contributed by atoms with Crippen molar-refractivity contribution in [3.63, 3.8) is 0 Å². The van der Waals surface area contributed by atoms with Crippen LogP contribution in [0.1, 0.15) is 30.9 Å². The highest BCUT2D eigenvalue weighted by molar-refractivity contribution is 7.98. The van der Waals surface area contributed by atoms with Crippen LogP contribution >= 0.6 is 11.8 Å². The zero-order valence-electron chi connectivity index (χ0n) is 16.2. The largest absolute Gasteiger partial charge is 0.490 e. The minimum absolute atomic E-state index is 0.0674. The number of carbonyl (C=O) groups is 1. The topological polar surface area (TPSA) is 52.0 Å². The van der Waals surface area contributed by atoms with Gasteiger partial charge < -0.3 is 19.7 Å². The van der Waals surface area contributed by atoms with Gasteiger partial charge in [-0.05, 0) is 36.6 Å². The summed E-state index contributed by atoms with van der Waals surface area (Å²) in [5.74, 6) is 1.73. The van der Waals surface area contributed by atoms with Gasteiger partial charge in [0.2, 0.25) is 0 Å². The first kappa shape index (κ1) is 19.2. The number of likely N-dealkylation sites (tertiary alicyclic amines) is 1. The Balaban J connectivity index is 1.45. The summed E-state index contributed by atoms with van der Waals surface area (Å²) in [6.07, 6.45) is 5.14. The van der Waals surface area contributed by atoms with Crippen LogP contribution in [0.15, 0.2) is 47.4 Å². The summed E-state index contributed by atoms with van der Waals surface area (Å²) in [6, 6.07) is 14.5. The van der Waals surface area contributed by atoms with Crippen LogP contribution in [-0.2, 0) is 4.79 Å². The van der Waals surface area contributed by atoms with Gasteiger partial charge in [-0.25, -0.2) is 0 Å². The minimum Gasteiger partial charge on any atom is -0.490 e. The van der Waals surface area contributed by atoms with Crippen LogP contribution in [0.2, 0.25) is 0 Å². The lowest BCUT2D eigenvalue weighted by molar-refractivity contribution is -0.910. The summed E-state index contributed by atoms with van der Waals surface area (Å²) in [6.45, 7) is 2.87. The van der Waals surface area contributed by atoms with Crippen molar-refractivity contribution >= 4 is 23.4 Å². The molecule has 2 atom stereocenters. The van der Waals surface area contributed by atoms with Crippen molar-refractivity contribution in [3.05, 3.63) is 48.0 Å². The third-order valence-electron chi connectivity index (χ3n) is 5.43. The van der Waals surface area contributed by atoms with E-state index in [4.69, 9.17) is 9.47 Å². The third kappa shape index (κ3) is 4.28. The Morgan fingerprint density at radius 3 is 2.82 bits per heavy atom. The Bertz CT molecular complexity index is 842. The summed E-state index contributed by atoms with van der Waals surface area (Å²) < 4.78 is 11.6. The van der Waals surface area contributed by atoms with E-state index >= 15 is 0 Å². The van der Waals surface area contributed by atoms with Crippen LogP contribution in [0.25, 0.3) is 0 Å². The van der Waals surface area contributed by atoms with Crippen LogP contribution in [0.3, 0.4) is 0 Å². The molecule has 2 aromatic rings. The number of rotatable bonds is 5. The zero-order chi connectivity index (χ0) is 19.3. The van der Waals surface area contributed by atoms with Crippen LogP contribution in [-0.4, -0.2) is 38.5 Å². The highest BCUT2D eigenvalue weighted by Gasteiger charge is 2.32. The Hall–Kier alpha value is -2.18. The van der Waals surface area contributed by atoms with Crippen LogP contribution in [0.4, 0.5) is 5.69 Å². The van der Waals surface area contributed by atoms with E-state index in [9.17, 15) is 4.79 Å². The van der Waals surface area contributed by atoms with E-state index in [1.54, 1.807) is 11.8 Å². The second-order valence-corrected chi connectivity index (χ2v) is 8.13. The highest BCUT2D eigenvalue weighted by Crippen LogP contribution is 2.33. The lowest BCUT2D eigenvalue weighted by atomic mass is 10.0. The molecule has 0 spiro atoms. The van der Waals surface area contributed by atoms with Gasteiger partial charge in [-0.3, -0.25) is 4.79 Å². The van der Waals surface area contributed by atoms with Crippen molar-refractivity contribution < 1.29 is 19.2 Å². The van der Waals surface area contributed by atoms with Gasteiger partial charge in [0.25, 0.3) is 5.91 Å². The number of hydrogen-bond acceptors (Lipinski definition) is 4. The van der Waals surface area contributed by atoms with Crippen molar-refractivity contribution in [2.45, 2.75) is 30.2 Å². The molecule has 2 heterocycles. The fourth-order valence-electron chi connectivity index (χ4n) is 4.07. The minimum atomic E-state index is 0.0674. The van der Waals surface area contributed by atoms with Crippen molar-refractivity contribution in [1.29, 1.82) is 0 Å². The maximum atomic E-state index is 12.7. The SMILES string of the molecule is CSc1ccccc1NC(=O)C[NH+]1CCC[C@@H]1c1ccc2c(c1)OCCCO2. The number of ether oxygens (including phenoxy) is 2. The summed E-state index contributed by atoms with van der Waals surface area (Å²) in [4.78, 5) is 15.1. The number of fused-ring (bicyclic) bond motifs is 1. The maximum absolute atomic E-state index is 12.7. The molecule has 0 saturated carbocycles. The number of anilines is 1. The van der Waals surface area contributed by atoms with Gasteiger partial charge in [0.15, 0.2) is 18.0 Å². The summed E-state index contributed by atoms with van der Waals surface area (Å²) in [7, 11) is 0. The fourth-order valence-corrected chi connectivity index (χ4v) is 4.62. The van der Waals surface area contributed by atoms with Crippen molar-refractivity contribution in [2.75, 3.05) is 37.9 Å². The molecule has 0 aliphatic carbocycles. The number of carbonyl (C=O) groups excluding carboxylic acids is 1. The number of benzene rings is 2. The molecule has 2 aliphatic heterocycles. The average Bonchev–Trinajstić information content (AvgIpc) is 3.03. The molecule has 0 bridgehead atoms. The monoisotopic (exact) mass is 399 g/mol. The zero-order valence-corrected chi connectivity index (χ0v) is 17.0. The molecule has 0 radical (unpaired) electrons. The quantitative estimate of drug-likeness (QED) is 0.759.